The Morgan fingerprint density at radius 3 is 2.58 bits per heavy atom. The second kappa shape index (κ2) is 9.03. The van der Waals surface area contributed by atoms with Crippen molar-refractivity contribution in [2.75, 3.05) is 47.1 Å². The number of methoxy groups -OCH3 is 2. The van der Waals surface area contributed by atoms with Crippen molar-refractivity contribution in [3.63, 3.8) is 0 Å². The highest BCUT2D eigenvalue weighted by Crippen LogP contribution is 2.19. The van der Waals surface area contributed by atoms with E-state index in [1.54, 1.807) is 14.2 Å². The lowest BCUT2D eigenvalue weighted by Crippen LogP contribution is -2.37. The topological polar surface area (TPSA) is 65.5 Å². The molecule has 0 amide bonds. The molecule has 0 aromatic carbocycles. The molecular weight excluding hydrogens is 244 g/mol. The molecule has 110 valence electrons. The molecule has 0 aliphatic rings. The fraction of sp³-hybridized carbons (Fsp3) is 0.769. The molecule has 0 aliphatic heterocycles. The molecule has 1 aromatic heterocycles. The van der Waals surface area contributed by atoms with E-state index in [9.17, 15) is 0 Å². The van der Waals surface area contributed by atoms with Gasteiger partial charge in [0.15, 0.2) is 0 Å². The van der Waals surface area contributed by atoms with Crippen molar-refractivity contribution in [3.05, 3.63) is 18.0 Å². The first-order valence-electron chi connectivity index (χ1n) is 6.63. The van der Waals surface area contributed by atoms with E-state index in [0.717, 1.165) is 31.7 Å². The molecule has 2 N–H and O–H groups in total. The fourth-order valence-electron chi connectivity index (χ4n) is 2.15. The van der Waals surface area contributed by atoms with Gasteiger partial charge in [0.25, 0.3) is 0 Å². The molecule has 0 bridgehead atoms. The van der Waals surface area contributed by atoms with Gasteiger partial charge in [0.1, 0.15) is 0 Å². The molecule has 6 nitrogen and oxygen atoms in total. The van der Waals surface area contributed by atoms with Crippen LogP contribution in [0.1, 0.15) is 18.0 Å². The van der Waals surface area contributed by atoms with Gasteiger partial charge in [-0.15, -0.1) is 0 Å². The summed E-state index contributed by atoms with van der Waals surface area (Å²) < 4.78 is 12.1. The third-order valence-electron chi connectivity index (χ3n) is 3.15. The van der Waals surface area contributed by atoms with Gasteiger partial charge in [-0.25, -0.2) is 0 Å². The van der Waals surface area contributed by atoms with Crippen molar-refractivity contribution in [3.8, 4) is 0 Å². The smallest absolute Gasteiger partial charge is 0.0589 e. The van der Waals surface area contributed by atoms with Gasteiger partial charge in [-0.05, 0) is 6.42 Å². The minimum absolute atomic E-state index is 0.181. The average Bonchev–Trinajstić information content (AvgIpc) is 2.83. The van der Waals surface area contributed by atoms with Crippen LogP contribution in [0.3, 0.4) is 0 Å². The van der Waals surface area contributed by atoms with Crippen LogP contribution in [0.5, 0.6) is 0 Å². The van der Waals surface area contributed by atoms with Crippen LogP contribution in [0, 0.1) is 0 Å². The number of nitrogens with zero attached hydrogens (tertiary/aromatic N) is 3. The van der Waals surface area contributed by atoms with Gasteiger partial charge in [0.2, 0.25) is 0 Å². The summed E-state index contributed by atoms with van der Waals surface area (Å²) in [6.07, 6.45) is 4.89. The van der Waals surface area contributed by atoms with Crippen molar-refractivity contribution in [2.24, 2.45) is 12.8 Å². The molecule has 0 fully saturated rings. The molecule has 1 aromatic rings. The molecule has 0 saturated heterocycles. The van der Waals surface area contributed by atoms with Crippen molar-refractivity contribution < 1.29 is 9.47 Å². The summed E-state index contributed by atoms with van der Waals surface area (Å²) in [5.41, 5.74) is 7.09. The predicted octanol–water partition coefficient (Wildman–Crippen LogP) is 0.405. The highest BCUT2D eigenvalue weighted by molar-refractivity contribution is 5.11. The zero-order valence-electron chi connectivity index (χ0n) is 12.2. The molecule has 1 unspecified atom stereocenters. The standard InChI is InChI=1S/C13H26N4O2/c1-16-11-12(10-15-16)13(9-14)17(6-8-19-3)5-4-7-18-2/h10-11,13H,4-9,14H2,1-3H3. The lowest BCUT2D eigenvalue weighted by molar-refractivity contribution is 0.108. The maximum Gasteiger partial charge on any atom is 0.0589 e. The van der Waals surface area contributed by atoms with Gasteiger partial charge < -0.3 is 15.2 Å². The molecule has 1 atom stereocenters. The van der Waals surface area contributed by atoms with E-state index in [1.165, 1.54) is 0 Å². The van der Waals surface area contributed by atoms with Crippen LogP contribution in [-0.2, 0) is 16.5 Å². The fourth-order valence-corrected chi connectivity index (χ4v) is 2.15. The first kappa shape index (κ1) is 16.1. The summed E-state index contributed by atoms with van der Waals surface area (Å²) in [5, 5.41) is 4.22. The summed E-state index contributed by atoms with van der Waals surface area (Å²) >= 11 is 0. The van der Waals surface area contributed by atoms with Gasteiger partial charge >= 0.3 is 0 Å². The average molecular weight is 270 g/mol. The second-order valence-electron chi connectivity index (χ2n) is 4.57. The van der Waals surface area contributed by atoms with Crippen LogP contribution >= 0.6 is 0 Å². The number of aryl methyl sites for hydroxylation is 1. The summed E-state index contributed by atoms with van der Waals surface area (Å²) in [6.45, 7) is 3.82. The van der Waals surface area contributed by atoms with E-state index in [-0.39, 0.29) is 6.04 Å². The molecule has 0 saturated carbocycles. The van der Waals surface area contributed by atoms with Crippen LogP contribution in [-0.4, -0.2) is 61.7 Å². The highest BCUT2D eigenvalue weighted by Gasteiger charge is 2.19. The zero-order valence-corrected chi connectivity index (χ0v) is 12.2. The Balaban J connectivity index is 2.67. The molecular formula is C13H26N4O2. The Labute approximate surface area is 115 Å². The van der Waals surface area contributed by atoms with E-state index in [0.29, 0.717) is 13.2 Å². The number of hydrogen-bond donors (Lipinski definition) is 1. The number of rotatable bonds is 10. The van der Waals surface area contributed by atoms with E-state index in [1.807, 2.05) is 24.1 Å². The molecule has 1 heterocycles. The number of nitrogens with two attached hydrogens (primary N) is 1. The highest BCUT2D eigenvalue weighted by atomic mass is 16.5. The first-order chi connectivity index (χ1) is 9.22. The Morgan fingerprint density at radius 2 is 2.05 bits per heavy atom. The normalized spacial score (nSPS) is 13.1. The molecule has 6 heteroatoms. The Hall–Kier alpha value is -0.950. The van der Waals surface area contributed by atoms with Crippen molar-refractivity contribution in [1.82, 2.24) is 14.7 Å². The first-order valence-corrected chi connectivity index (χ1v) is 6.63. The maximum atomic E-state index is 5.94. The third-order valence-corrected chi connectivity index (χ3v) is 3.15. The minimum Gasteiger partial charge on any atom is -0.385 e. The summed E-state index contributed by atoms with van der Waals surface area (Å²) in [6, 6.07) is 0.181. The quantitative estimate of drug-likeness (QED) is 0.624. The Bertz CT molecular complexity index is 343. The van der Waals surface area contributed by atoms with Crippen LogP contribution in [0.2, 0.25) is 0 Å². The Kier molecular flexibility index (Phi) is 7.66. The van der Waals surface area contributed by atoms with Gasteiger partial charge in [0.05, 0.1) is 18.8 Å². The van der Waals surface area contributed by atoms with E-state index >= 15 is 0 Å². The molecule has 0 spiro atoms. The monoisotopic (exact) mass is 270 g/mol. The molecule has 1 rings (SSSR count). The second-order valence-corrected chi connectivity index (χ2v) is 4.57. The molecule has 0 radical (unpaired) electrons. The number of ether oxygens (including phenoxy) is 2. The molecule has 0 aliphatic carbocycles. The van der Waals surface area contributed by atoms with Gasteiger partial charge in [0, 0.05) is 59.3 Å². The van der Waals surface area contributed by atoms with E-state index in [4.69, 9.17) is 15.2 Å². The SMILES string of the molecule is COCCCN(CCOC)C(CN)c1cnn(C)c1. The maximum absolute atomic E-state index is 5.94. The van der Waals surface area contributed by atoms with E-state index in [2.05, 4.69) is 10.00 Å². The van der Waals surface area contributed by atoms with Crippen LogP contribution in [0.25, 0.3) is 0 Å². The van der Waals surface area contributed by atoms with Crippen LogP contribution in [0.4, 0.5) is 0 Å². The van der Waals surface area contributed by atoms with Crippen LogP contribution < -0.4 is 5.73 Å². The lowest BCUT2D eigenvalue weighted by Gasteiger charge is -2.30. The van der Waals surface area contributed by atoms with Crippen molar-refractivity contribution in [1.29, 1.82) is 0 Å². The predicted molar refractivity (Wildman–Crippen MR) is 74.9 cm³/mol. The van der Waals surface area contributed by atoms with Gasteiger partial charge in [-0.3, -0.25) is 9.58 Å². The minimum atomic E-state index is 0.181. The summed E-state index contributed by atoms with van der Waals surface area (Å²) in [5.74, 6) is 0. The number of hydrogen-bond acceptors (Lipinski definition) is 5. The summed E-state index contributed by atoms with van der Waals surface area (Å²) in [7, 11) is 5.36. The van der Waals surface area contributed by atoms with Crippen molar-refractivity contribution in [2.45, 2.75) is 12.5 Å². The Morgan fingerprint density at radius 1 is 1.32 bits per heavy atom. The van der Waals surface area contributed by atoms with E-state index < -0.39 is 0 Å². The third kappa shape index (κ3) is 5.28. The van der Waals surface area contributed by atoms with Gasteiger partial charge in [-0.2, -0.15) is 5.10 Å². The number of aromatic nitrogens is 2. The van der Waals surface area contributed by atoms with Gasteiger partial charge in [-0.1, -0.05) is 0 Å². The largest absolute Gasteiger partial charge is 0.385 e. The lowest BCUT2D eigenvalue weighted by atomic mass is 10.1. The zero-order chi connectivity index (χ0) is 14.1. The van der Waals surface area contributed by atoms with Crippen molar-refractivity contribution >= 4 is 0 Å². The molecule has 19 heavy (non-hydrogen) atoms. The van der Waals surface area contributed by atoms with Crippen LogP contribution in [0.15, 0.2) is 12.4 Å². The summed E-state index contributed by atoms with van der Waals surface area (Å²) in [4.78, 5) is 2.33.